The van der Waals surface area contributed by atoms with Crippen LogP contribution in [0.3, 0.4) is 0 Å². The van der Waals surface area contributed by atoms with Gasteiger partial charge in [-0.25, -0.2) is 18.5 Å². The highest BCUT2D eigenvalue weighted by molar-refractivity contribution is 7.89. The molecule has 0 aliphatic heterocycles. The summed E-state index contributed by atoms with van der Waals surface area (Å²) >= 11 is 0. The van der Waals surface area contributed by atoms with Crippen LogP contribution in [0.25, 0.3) is 0 Å². The van der Waals surface area contributed by atoms with Crippen molar-refractivity contribution in [3.63, 3.8) is 0 Å². The number of ether oxygens (including phenoxy) is 1. The Morgan fingerprint density at radius 3 is 2.67 bits per heavy atom. The number of primary sulfonamides is 1. The van der Waals surface area contributed by atoms with E-state index < -0.39 is 10.0 Å². The van der Waals surface area contributed by atoms with Crippen LogP contribution < -0.4 is 15.2 Å². The van der Waals surface area contributed by atoms with E-state index in [0.717, 1.165) is 13.0 Å². The Kier molecular flexibility index (Phi) is 5.52. The number of sulfonamides is 1. The molecule has 18 heavy (non-hydrogen) atoms. The van der Waals surface area contributed by atoms with Gasteiger partial charge in [-0.1, -0.05) is 13.8 Å². The molecular weight excluding hydrogens is 254 g/mol. The molecule has 0 aliphatic carbocycles. The number of hydrogen-bond donors (Lipinski definition) is 2. The van der Waals surface area contributed by atoms with Crippen LogP contribution in [0, 0.1) is 0 Å². The molecule has 7 heteroatoms. The highest BCUT2D eigenvalue weighted by atomic mass is 32.2. The third kappa shape index (κ3) is 5.44. The van der Waals surface area contributed by atoms with Crippen molar-refractivity contribution in [3.8, 4) is 5.88 Å². The summed E-state index contributed by atoms with van der Waals surface area (Å²) in [6, 6.07) is 3.33. The molecule has 0 saturated carbocycles. The molecule has 0 unspecified atom stereocenters. The second-order valence-electron chi connectivity index (χ2n) is 4.19. The summed E-state index contributed by atoms with van der Waals surface area (Å²) in [4.78, 5) is 3.86. The highest BCUT2D eigenvalue weighted by Gasteiger charge is 2.07. The number of aromatic nitrogens is 1. The van der Waals surface area contributed by atoms with Crippen molar-refractivity contribution < 1.29 is 13.2 Å². The van der Waals surface area contributed by atoms with Gasteiger partial charge in [0.15, 0.2) is 0 Å². The molecule has 0 fully saturated rings. The molecule has 0 radical (unpaired) electrons. The maximum Gasteiger partial charge on any atom is 0.239 e. The number of nitrogens with two attached hydrogens (primary N) is 1. The SMILES string of the molecule is CC(C)NCCCOc1ccc(S(N)(=O)=O)cn1. The van der Waals surface area contributed by atoms with E-state index in [1.165, 1.54) is 18.3 Å². The Morgan fingerprint density at radius 2 is 2.17 bits per heavy atom. The number of hydrogen-bond acceptors (Lipinski definition) is 5. The van der Waals surface area contributed by atoms with Crippen molar-refractivity contribution in [2.24, 2.45) is 5.14 Å². The first kappa shape index (κ1) is 14.9. The van der Waals surface area contributed by atoms with Crippen LogP contribution in [-0.4, -0.2) is 32.6 Å². The molecule has 0 amide bonds. The minimum absolute atomic E-state index is 0.0173. The molecule has 0 atom stereocenters. The van der Waals surface area contributed by atoms with Crippen LogP contribution in [-0.2, 0) is 10.0 Å². The lowest BCUT2D eigenvalue weighted by atomic mass is 10.3. The van der Waals surface area contributed by atoms with Gasteiger partial charge in [0.25, 0.3) is 0 Å². The molecule has 0 saturated heterocycles. The Bertz CT molecular complexity index is 457. The minimum Gasteiger partial charge on any atom is -0.478 e. The monoisotopic (exact) mass is 273 g/mol. The maximum atomic E-state index is 11.0. The molecule has 0 bridgehead atoms. The predicted octanol–water partition coefficient (Wildman–Crippen LogP) is 0.496. The van der Waals surface area contributed by atoms with E-state index in [0.29, 0.717) is 18.5 Å². The molecule has 102 valence electrons. The first-order valence-electron chi connectivity index (χ1n) is 5.74. The van der Waals surface area contributed by atoms with E-state index in [1.807, 2.05) is 0 Å². The van der Waals surface area contributed by atoms with Crippen molar-refractivity contribution in [2.75, 3.05) is 13.2 Å². The fourth-order valence-electron chi connectivity index (χ4n) is 1.26. The summed E-state index contributed by atoms with van der Waals surface area (Å²) in [6.07, 6.45) is 2.05. The van der Waals surface area contributed by atoms with Gasteiger partial charge in [0, 0.05) is 12.1 Å². The zero-order valence-electron chi connectivity index (χ0n) is 10.6. The van der Waals surface area contributed by atoms with Crippen LogP contribution in [0.4, 0.5) is 0 Å². The van der Waals surface area contributed by atoms with Gasteiger partial charge >= 0.3 is 0 Å². The number of rotatable bonds is 7. The zero-order valence-corrected chi connectivity index (χ0v) is 11.4. The Morgan fingerprint density at radius 1 is 1.44 bits per heavy atom. The summed E-state index contributed by atoms with van der Waals surface area (Å²) in [5, 5.41) is 8.22. The predicted molar refractivity (Wildman–Crippen MR) is 68.9 cm³/mol. The van der Waals surface area contributed by atoms with E-state index in [1.54, 1.807) is 0 Å². The van der Waals surface area contributed by atoms with Crippen molar-refractivity contribution in [1.29, 1.82) is 0 Å². The molecule has 0 aromatic carbocycles. The van der Waals surface area contributed by atoms with E-state index >= 15 is 0 Å². The summed E-state index contributed by atoms with van der Waals surface area (Å²) in [5.41, 5.74) is 0. The quantitative estimate of drug-likeness (QED) is 0.705. The summed E-state index contributed by atoms with van der Waals surface area (Å²) in [6.45, 7) is 5.55. The maximum absolute atomic E-state index is 11.0. The Labute approximate surface area is 108 Å². The van der Waals surface area contributed by atoms with Crippen molar-refractivity contribution in [2.45, 2.75) is 31.2 Å². The fourth-order valence-corrected chi connectivity index (χ4v) is 1.72. The van der Waals surface area contributed by atoms with Crippen molar-refractivity contribution >= 4 is 10.0 Å². The number of pyridine rings is 1. The van der Waals surface area contributed by atoms with E-state index in [4.69, 9.17) is 9.88 Å². The van der Waals surface area contributed by atoms with Crippen LogP contribution in [0.1, 0.15) is 20.3 Å². The molecule has 0 spiro atoms. The lowest BCUT2D eigenvalue weighted by Gasteiger charge is -2.08. The summed E-state index contributed by atoms with van der Waals surface area (Å²) < 4.78 is 27.4. The van der Waals surface area contributed by atoms with Gasteiger partial charge in [0.2, 0.25) is 15.9 Å². The second kappa shape index (κ2) is 6.67. The Balaban J connectivity index is 2.36. The topological polar surface area (TPSA) is 94.3 Å². The highest BCUT2D eigenvalue weighted by Crippen LogP contribution is 2.10. The molecule has 1 rings (SSSR count). The molecular formula is C11H19N3O3S. The largest absolute Gasteiger partial charge is 0.478 e. The van der Waals surface area contributed by atoms with E-state index in [-0.39, 0.29) is 4.90 Å². The van der Waals surface area contributed by atoms with E-state index in [2.05, 4.69) is 24.1 Å². The average Bonchev–Trinajstić information content (AvgIpc) is 2.27. The van der Waals surface area contributed by atoms with Gasteiger partial charge in [-0.15, -0.1) is 0 Å². The summed E-state index contributed by atoms with van der Waals surface area (Å²) in [7, 11) is -3.69. The third-order valence-corrected chi connectivity index (χ3v) is 3.06. The average molecular weight is 273 g/mol. The lowest BCUT2D eigenvalue weighted by molar-refractivity contribution is 0.295. The molecule has 6 nitrogen and oxygen atoms in total. The molecule has 3 N–H and O–H groups in total. The first-order valence-corrected chi connectivity index (χ1v) is 7.29. The molecule has 1 aromatic heterocycles. The number of nitrogens with zero attached hydrogens (tertiary/aromatic N) is 1. The molecule has 1 heterocycles. The summed E-state index contributed by atoms with van der Waals surface area (Å²) in [5.74, 6) is 0.395. The van der Waals surface area contributed by atoms with Gasteiger partial charge < -0.3 is 10.1 Å². The van der Waals surface area contributed by atoms with Crippen LogP contribution in [0.5, 0.6) is 5.88 Å². The van der Waals surface area contributed by atoms with Gasteiger partial charge in [-0.2, -0.15) is 0 Å². The molecule has 1 aromatic rings. The Hall–Kier alpha value is -1.18. The normalized spacial score (nSPS) is 11.8. The number of nitrogens with one attached hydrogen (secondary N) is 1. The van der Waals surface area contributed by atoms with Crippen LogP contribution in [0.2, 0.25) is 0 Å². The van der Waals surface area contributed by atoms with Crippen LogP contribution >= 0.6 is 0 Å². The van der Waals surface area contributed by atoms with Crippen molar-refractivity contribution in [3.05, 3.63) is 18.3 Å². The van der Waals surface area contributed by atoms with Gasteiger partial charge in [-0.05, 0) is 19.0 Å². The van der Waals surface area contributed by atoms with Gasteiger partial charge in [0.1, 0.15) is 4.90 Å². The lowest BCUT2D eigenvalue weighted by Crippen LogP contribution is -2.24. The fraction of sp³-hybridized carbons (Fsp3) is 0.545. The minimum atomic E-state index is -3.69. The second-order valence-corrected chi connectivity index (χ2v) is 5.75. The van der Waals surface area contributed by atoms with Crippen molar-refractivity contribution in [1.82, 2.24) is 10.3 Å². The van der Waals surface area contributed by atoms with Crippen LogP contribution in [0.15, 0.2) is 23.2 Å². The van der Waals surface area contributed by atoms with Gasteiger partial charge in [0.05, 0.1) is 12.8 Å². The first-order chi connectivity index (χ1) is 8.39. The van der Waals surface area contributed by atoms with Gasteiger partial charge in [-0.3, -0.25) is 0 Å². The molecule has 0 aliphatic rings. The zero-order chi connectivity index (χ0) is 13.6. The van der Waals surface area contributed by atoms with E-state index in [9.17, 15) is 8.42 Å². The third-order valence-electron chi connectivity index (χ3n) is 2.16. The smallest absolute Gasteiger partial charge is 0.239 e. The standard InChI is InChI=1S/C11H19N3O3S/c1-9(2)13-6-3-7-17-11-5-4-10(8-14-11)18(12,15)16/h4-5,8-9,13H,3,6-7H2,1-2H3,(H2,12,15,16).